The highest BCUT2D eigenvalue weighted by Gasteiger charge is 2.44. The number of carbonyl (C=O) groups is 3. The number of likely N-dealkylation sites (tertiary alicyclic amines) is 1. The molecule has 5 rings (SSSR count). The second-order valence-electron chi connectivity index (χ2n) is 11.5. The third kappa shape index (κ3) is 6.99. The molecule has 0 spiro atoms. The standard InChI is InChI=1S/C33H36ClFN4O4/c1-21(2)39(33(42)43-28-11-9-27(35)10-12-28)30-20-38(19-29(30)23-4-7-26(34)8-5-23)32(41)24-14-16-37(17-15-24)31-13-6-25(18-36-31)22(3)40/h4-13,18,21,24,29-30H,14-17,19-20H2,1-3H3. The highest BCUT2D eigenvalue weighted by molar-refractivity contribution is 6.30. The van der Waals surface area contributed by atoms with Gasteiger partial charge in [0.15, 0.2) is 5.78 Å². The topological polar surface area (TPSA) is 83.1 Å². The fraction of sp³-hybridized carbons (Fsp3) is 0.394. The summed E-state index contributed by atoms with van der Waals surface area (Å²) in [7, 11) is 0. The van der Waals surface area contributed by atoms with Crippen molar-refractivity contribution in [3.05, 3.63) is 88.8 Å². The molecule has 0 N–H and O–H groups in total. The van der Waals surface area contributed by atoms with Crippen molar-refractivity contribution in [2.45, 2.75) is 51.6 Å². The van der Waals surface area contributed by atoms with Crippen molar-refractivity contribution in [1.82, 2.24) is 14.8 Å². The molecule has 0 radical (unpaired) electrons. The van der Waals surface area contributed by atoms with Crippen LogP contribution in [-0.4, -0.2) is 70.8 Å². The quantitative estimate of drug-likeness (QED) is 0.298. The van der Waals surface area contributed by atoms with E-state index in [4.69, 9.17) is 16.3 Å². The molecule has 10 heteroatoms. The van der Waals surface area contributed by atoms with Crippen LogP contribution in [0.3, 0.4) is 0 Å². The second kappa shape index (κ2) is 13.1. The third-order valence-corrected chi connectivity index (χ3v) is 8.62. The Morgan fingerprint density at radius 1 is 0.977 bits per heavy atom. The molecule has 3 heterocycles. The van der Waals surface area contributed by atoms with E-state index in [1.807, 2.05) is 49.1 Å². The zero-order chi connectivity index (χ0) is 30.7. The van der Waals surface area contributed by atoms with Crippen LogP contribution in [0.4, 0.5) is 15.0 Å². The first kappa shape index (κ1) is 30.5. The molecule has 43 heavy (non-hydrogen) atoms. The van der Waals surface area contributed by atoms with Gasteiger partial charge in [0.2, 0.25) is 5.91 Å². The van der Waals surface area contributed by atoms with Crippen LogP contribution in [-0.2, 0) is 4.79 Å². The van der Waals surface area contributed by atoms with Gasteiger partial charge in [-0.2, -0.15) is 0 Å². The summed E-state index contributed by atoms with van der Waals surface area (Å²) in [6, 6.07) is 16.0. The number of piperidine rings is 1. The van der Waals surface area contributed by atoms with Crippen molar-refractivity contribution >= 4 is 35.2 Å². The van der Waals surface area contributed by atoms with E-state index in [0.717, 1.165) is 11.4 Å². The van der Waals surface area contributed by atoms with Crippen molar-refractivity contribution in [2.24, 2.45) is 5.92 Å². The number of aromatic nitrogens is 1. The van der Waals surface area contributed by atoms with Crippen LogP contribution in [0.1, 0.15) is 55.5 Å². The van der Waals surface area contributed by atoms with Gasteiger partial charge in [-0.1, -0.05) is 23.7 Å². The Kier molecular flexibility index (Phi) is 9.30. The van der Waals surface area contributed by atoms with Gasteiger partial charge < -0.3 is 14.5 Å². The highest BCUT2D eigenvalue weighted by Crippen LogP contribution is 2.35. The van der Waals surface area contributed by atoms with Gasteiger partial charge in [0.25, 0.3) is 0 Å². The molecule has 226 valence electrons. The molecular weight excluding hydrogens is 571 g/mol. The average Bonchev–Trinajstić information content (AvgIpc) is 3.43. The molecule has 2 aromatic carbocycles. The number of halogens is 2. The Morgan fingerprint density at radius 3 is 2.23 bits per heavy atom. The SMILES string of the molecule is CC(=O)c1ccc(N2CCC(C(=O)N3CC(c4ccc(Cl)cc4)C(N(C(=O)Oc4ccc(F)cc4)C(C)C)C3)CC2)nc1. The number of hydrogen-bond donors (Lipinski definition) is 0. The monoisotopic (exact) mass is 606 g/mol. The first-order valence-electron chi connectivity index (χ1n) is 14.6. The lowest BCUT2D eigenvalue weighted by atomic mass is 9.92. The first-order chi connectivity index (χ1) is 20.6. The molecule has 2 unspecified atom stereocenters. The summed E-state index contributed by atoms with van der Waals surface area (Å²) < 4.78 is 19.1. The normalized spacial score (nSPS) is 19.0. The van der Waals surface area contributed by atoms with E-state index < -0.39 is 11.9 Å². The summed E-state index contributed by atoms with van der Waals surface area (Å²) in [4.78, 5) is 49.2. The van der Waals surface area contributed by atoms with E-state index in [2.05, 4.69) is 9.88 Å². The Balaban J connectivity index is 1.31. The minimum atomic E-state index is -0.545. The van der Waals surface area contributed by atoms with Crippen LogP contribution in [0.5, 0.6) is 5.75 Å². The van der Waals surface area contributed by atoms with Crippen LogP contribution in [0, 0.1) is 11.7 Å². The summed E-state index contributed by atoms with van der Waals surface area (Å²) in [6.07, 6.45) is 2.42. The lowest BCUT2D eigenvalue weighted by Gasteiger charge is -2.35. The zero-order valence-electron chi connectivity index (χ0n) is 24.6. The average molecular weight is 607 g/mol. The van der Waals surface area contributed by atoms with Gasteiger partial charge in [-0.3, -0.25) is 14.5 Å². The molecule has 3 aromatic rings. The number of hydrogen-bond acceptors (Lipinski definition) is 6. The van der Waals surface area contributed by atoms with E-state index in [9.17, 15) is 18.8 Å². The number of rotatable bonds is 7. The summed E-state index contributed by atoms with van der Waals surface area (Å²) in [5.41, 5.74) is 1.56. The van der Waals surface area contributed by atoms with Crippen molar-refractivity contribution in [2.75, 3.05) is 31.1 Å². The van der Waals surface area contributed by atoms with E-state index in [1.54, 1.807) is 17.2 Å². The molecule has 1 aromatic heterocycles. The first-order valence-corrected chi connectivity index (χ1v) is 15.0. The van der Waals surface area contributed by atoms with Crippen LogP contribution < -0.4 is 9.64 Å². The van der Waals surface area contributed by atoms with Crippen LogP contribution in [0.25, 0.3) is 0 Å². The lowest BCUT2D eigenvalue weighted by molar-refractivity contribution is -0.135. The lowest BCUT2D eigenvalue weighted by Crippen LogP contribution is -2.50. The fourth-order valence-corrected chi connectivity index (χ4v) is 6.19. The van der Waals surface area contributed by atoms with Gasteiger partial charge in [0.1, 0.15) is 17.4 Å². The number of anilines is 1. The maximum Gasteiger partial charge on any atom is 0.415 e. The Morgan fingerprint density at radius 2 is 1.65 bits per heavy atom. The number of pyridine rings is 1. The van der Waals surface area contributed by atoms with Gasteiger partial charge in [-0.05, 0) is 87.7 Å². The zero-order valence-corrected chi connectivity index (χ0v) is 25.3. The molecule has 2 fully saturated rings. The highest BCUT2D eigenvalue weighted by atomic mass is 35.5. The van der Waals surface area contributed by atoms with Crippen LogP contribution in [0.2, 0.25) is 5.02 Å². The molecule has 8 nitrogen and oxygen atoms in total. The molecule has 0 aliphatic carbocycles. The number of ketones is 1. The minimum Gasteiger partial charge on any atom is -0.410 e. The maximum absolute atomic E-state index is 13.9. The summed E-state index contributed by atoms with van der Waals surface area (Å²) in [6.45, 7) is 7.56. The number of Topliss-reactive ketones (excluding diaryl/α,β-unsaturated/α-hetero) is 1. The fourth-order valence-electron chi connectivity index (χ4n) is 6.07. The van der Waals surface area contributed by atoms with Crippen molar-refractivity contribution in [3.8, 4) is 5.75 Å². The van der Waals surface area contributed by atoms with Gasteiger partial charge >= 0.3 is 6.09 Å². The van der Waals surface area contributed by atoms with Crippen molar-refractivity contribution in [3.63, 3.8) is 0 Å². The Labute approximate surface area is 256 Å². The van der Waals surface area contributed by atoms with Crippen molar-refractivity contribution < 1.29 is 23.5 Å². The van der Waals surface area contributed by atoms with Gasteiger partial charge in [-0.25, -0.2) is 14.2 Å². The smallest absolute Gasteiger partial charge is 0.410 e. The summed E-state index contributed by atoms with van der Waals surface area (Å²) in [5, 5.41) is 0.611. The maximum atomic E-state index is 13.9. The van der Waals surface area contributed by atoms with Gasteiger partial charge in [0.05, 0.1) is 6.04 Å². The number of amides is 2. The summed E-state index contributed by atoms with van der Waals surface area (Å²) in [5.74, 6) is 0.404. The second-order valence-corrected chi connectivity index (χ2v) is 12.0. The Bertz CT molecular complexity index is 1440. The number of carbonyl (C=O) groups excluding carboxylic acids is 3. The predicted molar refractivity (Wildman–Crippen MR) is 163 cm³/mol. The molecule has 2 atom stereocenters. The van der Waals surface area contributed by atoms with Crippen LogP contribution in [0.15, 0.2) is 66.9 Å². The molecule has 0 saturated carbocycles. The number of nitrogens with zero attached hydrogens (tertiary/aromatic N) is 4. The number of ether oxygens (including phenoxy) is 1. The van der Waals surface area contributed by atoms with E-state index >= 15 is 0 Å². The molecule has 0 bridgehead atoms. The molecule has 2 saturated heterocycles. The van der Waals surface area contributed by atoms with E-state index in [1.165, 1.54) is 31.2 Å². The van der Waals surface area contributed by atoms with Gasteiger partial charge in [0, 0.05) is 60.8 Å². The van der Waals surface area contributed by atoms with Gasteiger partial charge in [-0.15, -0.1) is 0 Å². The number of benzene rings is 2. The molecule has 2 aliphatic heterocycles. The molecule has 2 amide bonds. The largest absolute Gasteiger partial charge is 0.415 e. The van der Waals surface area contributed by atoms with Crippen molar-refractivity contribution in [1.29, 1.82) is 0 Å². The summed E-state index contributed by atoms with van der Waals surface area (Å²) >= 11 is 6.18. The third-order valence-electron chi connectivity index (χ3n) is 8.36. The van der Waals surface area contributed by atoms with E-state index in [0.29, 0.717) is 49.6 Å². The minimum absolute atomic E-state index is 0.0241. The molecular formula is C33H36ClFN4O4. The predicted octanol–water partition coefficient (Wildman–Crippen LogP) is 6.20. The van der Waals surface area contributed by atoms with E-state index in [-0.39, 0.29) is 41.4 Å². The van der Waals surface area contributed by atoms with Crippen LogP contribution >= 0.6 is 11.6 Å². The Hall–Kier alpha value is -3.98. The molecule has 2 aliphatic rings.